The molecule has 0 radical (unpaired) electrons. The highest BCUT2D eigenvalue weighted by molar-refractivity contribution is 7.92. The van der Waals surface area contributed by atoms with Gasteiger partial charge in [0.2, 0.25) is 0 Å². The third-order valence-electron chi connectivity index (χ3n) is 2.59. The minimum Gasteiger partial charge on any atom is -0.399 e. The van der Waals surface area contributed by atoms with Crippen molar-refractivity contribution in [2.75, 3.05) is 10.5 Å². The van der Waals surface area contributed by atoms with Crippen LogP contribution in [0.15, 0.2) is 23.4 Å². The van der Waals surface area contributed by atoms with Gasteiger partial charge >= 0.3 is 0 Å². The third kappa shape index (κ3) is 3.17. The third-order valence-corrected chi connectivity index (χ3v) is 4.79. The van der Waals surface area contributed by atoms with E-state index in [1.807, 2.05) is 0 Å². The van der Waals surface area contributed by atoms with Crippen molar-refractivity contribution in [3.63, 3.8) is 0 Å². The van der Waals surface area contributed by atoms with Gasteiger partial charge in [0.25, 0.3) is 10.0 Å². The number of halogens is 3. The average molecular weight is 351 g/mol. The SMILES string of the molecule is Cc1c(F)cc(N)cc1S(=O)(=O)Nc1ncnc(Cl)c1Cl. The van der Waals surface area contributed by atoms with E-state index in [-0.39, 0.29) is 32.1 Å². The first kappa shape index (κ1) is 15.7. The van der Waals surface area contributed by atoms with Crippen LogP contribution >= 0.6 is 23.2 Å². The summed E-state index contributed by atoms with van der Waals surface area (Å²) in [6.45, 7) is 1.32. The smallest absolute Gasteiger partial charge is 0.263 e. The molecule has 6 nitrogen and oxygen atoms in total. The number of aromatic nitrogens is 2. The van der Waals surface area contributed by atoms with Gasteiger partial charge in [0, 0.05) is 11.3 Å². The lowest BCUT2D eigenvalue weighted by Crippen LogP contribution is -2.16. The van der Waals surface area contributed by atoms with Gasteiger partial charge < -0.3 is 5.73 Å². The lowest BCUT2D eigenvalue weighted by molar-refractivity contribution is 0.591. The van der Waals surface area contributed by atoms with Crippen LogP contribution in [-0.4, -0.2) is 18.4 Å². The summed E-state index contributed by atoms with van der Waals surface area (Å²) in [5, 5.41) is -0.274. The summed E-state index contributed by atoms with van der Waals surface area (Å²) in [6.07, 6.45) is 1.04. The van der Waals surface area contributed by atoms with Crippen LogP contribution < -0.4 is 10.5 Å². The van der Waals surface area contributed by atoms with Crippen molar-refractivity contribution < 1.29 is 12.8 Å². The highest BCUT2D eigenvalue weighted by Crippen LogP contribution is 2.29. The van der Waals surface area contributed by atoms with Gasteiger partial charge in [-0.3, -0.25) is 4.72 Å². The molecule has 0 saturated carbocycles. The van der Waals surface area contributed by atoms with E-state index >= 15 is 0 Å². The first-order valence-electron chi connectivity index (χ1n) is 5.47. The van der Waals surface area contributed by atoms with E-state index in [9.17, 15) is 12.8 Å². The van der Waals surface area contributed by atoms with Gasteiger partial charge in [-0.15, -0.1) is 0 Å². The van der Waals surface area contributed by atoms with Crippen LogP contribution in [0.4, 0.5) is 15.9 Å². The van der Waals surface area contributed by atoms with Gasteiger partial charge in [-0.25, -0.2) is 22.8 Å². The predicted octanol–water partition coefficient (Wildman–Crippen LogP) is 2.61. The largest absolute Gasteiger partial charge is 0.399 e. The molecule has 0 aliphatic rings. The summed E-state index contributed by atoms with van der Waals surface area (Å²) in [6, 6.07) is 2.17. The van der Waals surface area contributed by atoms with Gasteiger partial charge in [-0.1, -0.05) is 23.2 Å². The van der Waals surface area contributed by atoms with Gasteiger partial charge in [-0.2, -0.15) is 0 Å². The zero-order valence-electron chi connectivity index (χ0n) is 10.6. The second-order valence-corrected chi connectivity index (χ2v) is 6.45. The molecule has 0 fully saturated rings. The Bertz CT molecular complexity index is 814. The molecule has 10 heteroatoms. The van der Waals surface area contributed by atoms with E-state index < -0.39 is 15.8 Å². The minimum absolute atomic E-state index is 0.0229. The summed E-state index contributed by atoms with van der Waals surface area (Å²) in [5.41, 5.74) is 5.37. The Labute approximate surface area is 130 Å². The van der Waals surface area contributed by atoms with Gasteiger partial charge in [0.15, 0.2) is 11.0 Å². The predicted molar refractivity (Wildman–Crippen MR) is 78.4 cm³/mol. The second-order valence-electron chi connectivity index (χ2n) is 4.06. The van der Waals surface area contributed by atoms with Crippen LogP contribution in [0.25, 0.3) is 0 Å². The Morgan fingerprint density at radius 3 is 2.62 bits per heavy atom. The maximum Gasteiger partial charge on any atom is 0.263 e. The van der Waals surface area contributed by atoms with E-state index in [1.54, 1.807) is 0 Å². The Hall–Kier alpha value is -1.64. The molecule has 0 spiro atoms. The van der Waals surface area contributed by atoms with E-state index in [1.165, 1.54) is 6.92 Å². The monoisotopic (exact) mass is 350 g/mol. The molecule has 1 heterocycles. The maximum absolute atomic E-state index is 13.6. The van der Waals surface area contributed by atoms with Crippen LogP contribution in [0, 0.1) is 12.7 Å². The van der Waals surface area contributed by atoms with Crippen molar-refractivity contribution in [3.8, 4) is 0 Å². The molecule has 2 aromatic rings. The normalized spacial score (nSPS) is 11.4. The number of nitrogen functional groups attached to an aromatic ring is 1. The molecule has 1 aromatic heterocycles. The molecule has 112 valence electrons. The number of hydrogen-bond donors (Lipinski definition) is 2. The maximum atomic E-state index is 13.6. The van der Waals surface area contributed by atoms with Gasteiger partial charge in [-0.05, 0) is 19.1 Å². The highest BCUT2D eigenvalue weighted by Gasteiger charge is 2.22. The van der Waals surface area contributed by atoms with Crippen molar-refractivity contribution in [3.05, 3.63) is 40.0 Å². The molecule has 3 N–H and O–H groups in total. The number of rotatable bonds is 3. The summed E-state index contributed by atoms with van der Waals surface area (Å²) >= 11 is 11.5. The summed E-state index contributed by atoms with van der Waals surface area (Å²) in [5.74, 6) is -0.943. The summed E-state index contributed by atoms with van der Waals surface area (Å²) in [7, 11) is -4.13. The fourth-order valence-electron chi connectivity index (χ4n) is 1.55. The van der Waals surface area contributed by atoms with E-state index in [2.05, 4.69) is 14.7 Å². The van der Waals surface area contributed by atoms with Crippen molar-refractivity contribution in [1.29, 1.82) is 0 Å². The summed E-state index contributed by atoms with van der Waals surface area (Å²) < 4.78 is 40.3. The number of anilines is 2. The number of nitrogens with two attached hydrogens (primary N) is 1. The average Bonchev–Trinajstić information content (AvgIpc) is 2.39. The first-order chi connectivity index (χ1) is 9.72. The van der Waals surface area contributed by atoms with Crippen LogP contribution in [0.2, 0.25) is 10.2 Å². The number of hydrogen-bond acceptors (Lipinski definition) is 5. The molecule has 1 aromatic carbocycles. The van der Waals surface area contributed by atoms with Crippen LogP contribution in [0.3, 0.4) is 0 Å². The second kappa shape index (κ2) is 5.63. The standard InChI is InChI=1S/C11H9Cl2FN4O2S/c1-5-7(14)2-6(15)3-8(5)21(19,20)18-11-9(12)10(13)16-4-17-11/h2-4H,15H2,1H3,(H,16,17,18). The number of nitrogens with one attached hydrogen (secondary N) is 1. The van der Waals surface area contributed by atoms with Gasteiger partial charge in [0.05, 0.1) is 4.90 Å². The molecule has 0 bridgehead atoms. The number of benzene rings is 1. The van der Waals surface area contributed by atoms with E-state index in [0.717, 1.165) is 18.5 Å². The van der Waals surface area contributed by atoms with Crippen molar-refractivity contribution in [2.45, 2.75) is 11.8 Å². The Morgan fingerprint density at radius 2 is 1.95 bits per heavy atom. The fraction of sp³-hybridized carbons (Fsp3) is 0.0909. The van der Waals surface area contributed by atoms with E-state index in [0.29, 0.717) is 0 Å². The van der Waals surface area contributed by atoms with E-state index in [4.69, 9.17) is 28.9 Å². The molecule has 0 atom stereocenters. The highest BCUT2D eigenvalue weighted by atomic mass is 35.5. The number of nitrogens with zero attached hydrogens (tertiary/aromatic N) is 2. The van der Waals surface area contributed by atoms with Crippen LogP contribution in [-0.2, 0) is 10.0 Å². The lowest BCUT2D eigenvalue weighted by atomic mass is 10.2. The molecule has 0 saturated heterocycles. The zero-order chi connectivity index (χ0) is 15.8. The molecule has 0 aliphatic carbocycles. The topological polar surface area (TPSA) is 98.0 Å². The Balaban J connectivity index is 2.51. The Kier molecular flexibility index (Phi) is 4.22. The molecule has 0 unspecified atom stereocenters. The first-order valence-corrected chi connectivity index (χ1v) is 7.70. The molecule has 0 amide bonds. The van der Waals surface area contributed by atoms with Crippen molar-refractivity contribution >= 4 is 44.7 Å². The zero-order valence-corrected chi connectivity index (χ0v) is 12.9. The Morgan fingerprint density at radius 1 is 1.29 bits per heavy atom. The number of sulfonamides is 1. The van der Waals surface area contributed by atoms with Gasteiger partial charge in [0.1, 0.15) is 17.2 Å². The summed E-state index contributed by atoms with van der Waals surface area (Å²) in [4.78, 5) is 6.96. The fourth-order valence-corrected chi connectivity index (χ4v) is 3.20. The van der Waals surface area contributed by atoms with Crippen molar-refractivity contribution in [1.82, 2.24) is 9.97 Å². The van der Waals surface area contributed by atoms with Crippen molar-refractivity contribution in [2.24, 2.45) is 0 Å². The lowest BCUT2D eigenvalue weighted by Gasteiger charge is -2.12. The van der Waals surface area contributed by atoms with Crippen LogP contribution in [0.5, 0.6) is 0 Å². The molecule has 0 aliphatic heterocycles. The van der Waals surface area contributed by atoms with Crippen LogP contribution in [0.1, 0.15) is 5.56 Å². The molecule has 21 heavy (non-hydrogen) atoms. The molecular formula is C11H9Cl2FN4O2S. The molecule has 2 rings (SSSR count). The minimum atomic E-state index is -4.13. The molecular weight excluding hydrogens is 342 g/mol. The quantitative estimate of drug-likeness (QED) is 0.654.